The van der Waals surface area contributed by atoms with Gasteiger partial charge in [0.05, 0.1) is 12.2 Å². The Morgan fingerprint density at radius 3 is 2.81 bits per heavy atom. The molecule has 21 heavy (non-hydrogen) atoms. The molecule has 6 heteroatoms. The minimum absolute atomic E-state index is 0.141. The molecule has 1 heterocycles. The highest BCUT2D eigenvalue weighted by molar-refractivity contribution is 5.46. The molecule has 0 amide bonds. The zero-order chi connectivity index (χ0) is 15.5. The van der Waals surface area contributed by atoms with Crippen LogP contribution < -0.4 is 5.73 Å². The average Bonchev–Trinajstić information content (AvgIpc) is 2.40. The molecular formula is C15H21F3N2O. The molecule has 1 unspecified atom stereocenters. The van der Waals surface area contributed by atoms with Crippen LogP contribution in [-0.4, -0.2) is 31.7 Å². The van der Waals surface area contributed by atoms with Gasteiger partial charge in [-0.15, -0.1) is 0 Å². The summed E-state index contributed by atoms with van der Waals surface area (Å²) in [6.45, 7) is 2.55. The van der Waals surface area contributed by atoms with Gasteiger partial charge >= 0.3 is 6.18 Å². The molecule has 118 valence electrons. The molecule has 1 aliphatic heterocycles. The number of hydrogen-bond donors (Lipinski definition) is 1. The van der Waals surface area contributed by atoms with Gasteiger partial charge in [-0.1, -0.05) is 6.07 Å². The van der Waals surface area contributed by atoms with Crippen LogP contribution in [0.2, 0.25) is 0 Å². The summed E-state index contributed by atoms with van der Waals surface area (Å²) >= 11 is 0. The second-order valence-electron chi connectivity index (χ2n) is 5.61. The van der Waals surface area contributed by atoms with E-state index in [1.165, 1.54) is 12.1 Å². The number of likely N-dealkylation sites (tertiary alicyclic amines) is 1. The summed E-state index contributed by atoms with van der Waals surface area (Å²) in [6, 6.07) is 4.03. The number of piperidine rings is 1. The summed E-state index contributed by atoms with van der Waals surface area (Å²) in [5.41, 5.74) is 5.29. The topological polar surface area (TPSA) is 38.5 Å². The maximum absolute atomic E-state index is 13.1. The van der Waals surface area contributed by atoms with Gasteiger partial charge in [0.2, 0.25) is 0 Å². The number of nitrogen functional groups attached to an aromatic ring is 1. The van der Waals surface area contributed by atoms with Crippen LogP contribution >= 0.6 is 0 Å². The van der Waals surface area contributed by atoms with Crippen molar-refractivity contribution in [3.05, 3.63) is 29.3 Å². The fraction of sp³-hybridized carbons (Fsp3) is 0.600. The predicted molar refractivity (Wildman–Crippen MR) is 75.7 cm³/mol. The highest BCUT2D eigenvalue weighted by atomic mass is 19.4. The smallest absolute Gasteiger partial charge is 0.399 e. The van der Waals surface area contributed by atoms with Gasteiger partial charge in [0.1, 0.15) is 0 Å². The summed E-state index contributed by atoms with van der Waals surface area (Å²) in [5.74, 6) is 0.395. The maximum Gasteiger partial charge on any atom is 0.416 e. The zero-order valence-electron chi connectivity index (χ0n) is 12.1. The molecule has 0 saturated carbocycles. The molecule has 3 nitrogen and oxygen atoms in total. The molecule has 0 radical (unpaired) electrons. The Balaban J connectivity index is 2.12. The summed E-state index contributed by atoms with van der Waals surface area (Å²) in [4.78, 5) is 2.06. The largest absolute Gasteiger partial charge is 0.416 e. The second-order valence-corrected chi connectivity index (χ2v) is 5.61. The molecule has 0 spiro atoms. The van der Waals surface area contributed by atoms with Crippen LogP contribution in [-0.2, 0) is 17.5 Å². The van der Waals surface area contributed by atoms with Crippen molar-refractivity contribution in [2.45, 2.75) is 25.6 Å². The molecule has 0 aliphatic carbocycles. The Morgan fingerprint density at radius 1 is 1.38 bits per heavy atom. The molecule has 1 fully saturated rings. The third kappa shape index (κ3) is 4.35. The van der Waals surface area contributed by atoms with Crippen molar-refractivity contribution in [1.82, 2.24) is 4.90 Å². The Labute approximate surface area is 122 Å². The van der Waals surface area contributed by atoms with Crippen molar-refractivity contribution in [2.75, 3.05) is 32.5 Å². The minimum atomic E-state index is -4.37. The molecule has 1 saturated heterocycles. The molecule has 2 N–H and O–H groups in total. The number of nitrogens with two attached hydrogens (primary N) is 1. The monoisotopic (exact) mass is 302 g/mol. The number of benzene rings is 1. The lowest BCUT2D eigenvalue weighted by atomic mass is 9.97. The van der Waals surface area contributed by atoms with Gasteiger partial charge in [-0.2, -0.15) is 13.2 Å². The highest BCUT2D eigenvalue weighted by Gasteiger charge is 2.34. The lowest BCUT2D eigenvalue weighted by Crippen LogP contribution is -2.37. The summed E-state index contributed by atoms with van der Waals surface area (Å²) in [6.07, 6.45) is -2.31. The van der Waals surface area contributed by atoms with Crippen molar-refractivity contribution in [1.29, 1.82) is 0 Å². The van der Waals surface area contributed by atoms with E-state index in [2.05, 4.69) is 4.90 Å². The van der Waals surface area contributed by atoms with E-state index in [4.69, 9.17) is 10.5 Å². The van der Waals surface area contributed by atoms with Crippen molar-refractivity contribution in [3.8, 4) is 0 Å². The third-order valence-electron chi connectivity index (χ3n) is 3.84. The van der Waals surface area contributed by atoms with Gasteiger partial charge < -0.3 is 10.5 Å². The van der Waals surface area contributed by atoms with Crippen LogP contribution in [0.15, 0.2) is 18.2 Å². The first-order chi connectivity index (χ1) is 9.90. The van der Waals surface area contributed by atoms with Gasteiger partial charge in [-0.3, -0.25) is 4.90 Å². The van der Waals surface area contributed by atoms with E-state index in [1.807, 2.05) is 0 Å². The number of nitrogens with zero attached hydrogens (tertiary/aromatic N) is 1. The van der Waals surface area contributed by atoms with Crippen LogP contribution in [0.4, 0.5) is 18.9 Å². The number of alkyl halides is 3. The molecule has 1 aliphatic rings. The number of methoxy groups -OCH3 is 1. The molecule has 1 aromatic carbocycles. The average molecular weight is 302 g/mol. The molecule has 1 aromatic rings. The van der Waals surface area contributed by atoms with Crippen LogP contribution in [0.5, 0.6) is 0 Å². The molecule has 0 bridgehead atoms. The van der Waals surface area contributed by atoms with Crippen molar-refractivity contribution < 1.29 is 17.9 Å². The van der Waals surface area contributed by atoms with Gasteiger partial charge in [-0.05, 0) is 43.0 Å². The first-order valence-electron chi connectivity index (χ1n) is 7.07. The van der Waals surface area contributed by atoms with Crippen molar-refractivity contribution in [3.63, 3.8) is 0 Å². The van der Waals surface area contributed by atoms with Crippen LogP contribution in [0.1, 0.15) is 24.0 Å². The zero-order valence-corrected chi connectivity index (χ0v) is 12.1. The maximum atomic E-state index is 13.1. The van der Waals surface area contributed by atoms with E-state index >= 15 is 0 Å². The lowest BCUT2D eigenvalue weighted by Gasteiger charge is -2.33. The standard InChI is InChI=1S/C15H21F3N2O/c1-21-10-11-3-2-6-20(8-11)9-12-4-5-13(19)7-14(12)15(16,17)18/h4-5,7,11H,2-3,6,8-10,19H2,1H3. The Bertz CT molecular complexity index is 474. The summed E-state index contributed by atoms with van der Waals surface area (Å²) in [7, 11) is 1.65. The molecule has 1 atom stereocenters. The highest BCUT2D eigenvalue weighted by Crippen LogP contribution is 2.34. The number of halogens is 3. The van der Waals surface area contributed by atoms with Crippen LogP contribution in [0, 0.1) is 5.92 Å². The quantitative estimate of drug-likeness (QED) is 0.868. The van der Waals surface area contributed by atoms with Gasteiger partial charge in [0, 0.05) is 25.9 Å². The number of rotatable bonds is 4. The van der Waals surface area contributed by atoms with E-state index in [0.29, 0.717) is 19.1 Å². The first-order valence-corrected chi connectivity index (χ1v) is 7.07. The van der Waals surface area contributed by atoms with E-state index in [0.717, 1.165) is 32.0 Å². The Kier molecular flexibility index (Phi) is 5.11. The van der Waals surface area contributed by atoms with E-state index in [9.17, 15) is 13.2 Å². The Hall–Kier alpha value is -1.27. The normalized spacial score (nSPS) is 20.7. The molecular weight excluding hydrogens is 281 g/mol. The number of hydrogen-bond acceptors (Lipinski definition) is 3. The van der Waals surface area contributed by atoms with Crippen molar-refractivity contribution in [2.24, 2.45) is 5.92 Å². The van der Waals surface area contributed by atoms with Crippen LogP contribution in [0.25, 0.3) is 0 Å². The minimum Gasteiger partial charge on any atom is -0.399 e. The predicted octanol–water partition coefficient (Wildman–Crippen LogP) is 3.15. The van der Waals surface area contributed by atoms with E-state index in [1.54, 1.807) is 7.11 Å². The summed E-state index contributed by atoms with van der Waals surface area (Å²) in [5, 5.41) is 0. The first kappa shape index (κ1) is 16.1. The fourth-order valence-electron chi connectivity index (χ4n) is 2.90. The summed E-state index contributed by atoms with van der Waals surface area (Å²) < 4.78 is 44.4. The SMILES string of the molecule is COCC1CCCN(Cc2ccc(N)cc2C(F)(F)F)C1. The Morgan fingerprint density at radius 2 is 2.14 bits per heavy atom. The third-order valence-corrected chi connectivity index (χ3v) is 3.84. The van der Waals surface area contributed by atoms with Crippen molar-refractivity contribution >= 4 is 5.69 Å². The lowest BCUT2D eigenvalue weighted by molar-refractivity contribution is -0.138. The number of anilines is 1. The van der Waals surface area contributed by atoms with E-state index < -0.39 is 11.7 Å². The van der Waals surface area contributed by atoms with Gasteiger partial charge in [0.15, 0.2) is 0 Å². The van der Waals surface area contributed by atoms with Gasteiger partial charge in [-0.25, -0.2) is 0 Å². The van der Waals surface area contributed by atoms with Crippen LogP contribution in [0.3, 0.4) is 0 Å². The van der Waals surface area contributed by atoms with Gasteiger partial charge in [0.25, 0.3) is 0 Å². The second kappa shape index (κ2) is 6.66. The fourth-order valence-corrected chi connectivity index (χ4v) is 2.90. The molecule has 0 aromatic heterocycles. The number of ether oxygens (including phenoxy) is 1. The van der Waals surface area contributed by atoms with E-state index in [-0.39, 0.29) is 11.3 Å². The molecule has 2 rings (SSSR count).